The number of benzene rings is 2. The third-order valence-electron chi connectivity index (χ3n) is 4.91. The van der Waals surface area contributed by atoms with Crippen molar-refractivity contribution in [3.05, 3.63) is 66.0 Å². The van der Waals surface area contributed by atoms with E-state index < -0.39 is 0 Å². The van der Waals surface area contributed by atoms with Gasteiger partial charge in [-0.05, 0) is 62.2 Å². The number of thioether (sulfide) groups is 1. The molecule has 1 amide bonds. The molecule has 0 saturated heterocycles. The molecular formula is C24H25ClN4O3S. The van der Waals surface area contributed by atoms with E-state index in [9.17, 15) is 4.79 Å². The monoisotopic (exact) mass is 484 g/mol. The number of ether oxygens (including phenoxy) is 2. The quantitative estimate of drug-likeness (QED) is 0.269. The average Bonchev–Trinajstić information content (AvgIpc) is 3.57. The predicted octanol–water partition coefficient (Wildman–Crippen LogP) is 5.92. The van der Waals surface area contributed by atoms with Crippen LogP contribution in [0.4, 0.5) is 5.69 Å². The molecule has 1 N–H and O–H groups in total. The molecule has 172 valence electrons. The Bertz CT molecular complexity index is 1130. The Morgan fingerprint density at radius 1 is 1.24 bits per heavy atom. The second kappa shape index (κ2) is 10.8. The third-order valence-corrected chi connectivity index (χ3v) is 6.11. The number of nitrogens with one attached hydrogen (secondary N) is 1. The van der Waals surface area contributed by atoms with Crippen molar-refractivity contribution in [1.29, 1.82) is 0 Å². The number of nitrogens with zero attached hydrogens (tertiary/aromatic N) is 3. The van der Waals surface area contributed by atoms with Crippen molar-refractivity contribution in [2.45, 2.75) is 37.4 Å². The highest BCUT2D eigenvalue weighted by Crippen LogP contribution is 2.40. The molecule has 1 aromatic heterocycles. The molecule has 33 heavy (non-hydrogen) atoms. The van der Waals surface area contributed by atoms with Crippen molar-refractivity contribution in [1.82, 2.24) is 14.8 Å². The van der Waals surface area contributed by atoms with E-state index in [4.69, 9.17) is 21.1 Å². The topological polar surface area (TPSA) is 78.3 Å². The van der Waals surface area contributed by atoms with Gasteiger partial charge in [-0.2, -0.15) is 0 Å². The predicted molar refractivity (Wildman–Crippen MR) is 131 cm³/mol. The molecule has 1 saturated carbocycles. The minimum absolute atomic E-state index is 0.176. The van der Waals surface area contributed by atoms with Crippen LogP contribution in [-0.2, 0) is 11.3 Å². The van der Waals surface area contributed by atoms with Gasteiger partial charge in [-0.3, -0.25) is 4.79 Å². The highest BCUT2D eigenvalue weighted by atomic mass is 35.5. The maximum absolute atomic E-state index is 12.7. The minimum Gasteiger partial charge on any atom is -0.494 e. The number of anilines is 1. The first-order chi connectivity index (χ1) is 16.1. The molecule has 4 rings (SSSR count). The lowest BCUT2D eigenvalue weighted by molar-refractivity contribution is -0.113. The van der Waals surface area contributed by atoms with Gasteiger partial charge in [0.2, 0.25) is 5.91 Å². The average molecular weight is 485 g/mol. The standard InChI is InChI=1S/C24H25ClN4O3S/c1-3-13-29-23(16-5-6-16)27-28-24(29)33-15-22(30)26-20-14-17(25)7-12-21(20)32-19-10-8-18(9-11-19)31-4-2/h3,7-12,14,16H,1,4-6,13,15H2,2H3,(H,26,30). The summed E-state index contributed by atoms with van der Waals surface area (Å²) in [6, 6.07) is 12.4. The van der Waals surface area contributed by atoms with Gasteiger partial charge in [0.15, 0.2) is 10.9 Å². The van der Waals surface area contributed by atoms with Crippen LogP contribution in [-0.4, -0.2) is 33.0 Å². The van der Waals surface area contributed by atoms with E-state index in [0.29, 0.717) is 46.4 Å². The largest absolute Gasteiger partial charge is 0.494 e. The molecule has 2 aromatic carbocycles. The summed E-state index contributed by atoms with van der Waals surface area (Å²) in [5.74, 6) is 3.30. The van der Waals surface area contributed by atoms with Crippen molar-refractivity contribution in [2.24, 2.45) is 0 Å². The van der Waals surface area contributed by atoms with Crippen LogP contribution >= 0.6 is 23.4 Å². The van der Waals surface area contributed by atoms with Crippen LogP contribution in [0, 0.1) is 0 Å². The van der Waals surface area contributed by atoms with Crippen LogP contribution in [0.1, 0.15) is 31.5 Å². The number of hydrogen-bond donors (Lipinski definition) is 1. The molecular weight excluding hydrogens is 460 g/mol. The van der Waals surface area contributed by atoms with Crippen molar-refractivity contribution in [2.75, 3.05) is 17.7 Å². The molecule has 0 spiro atoms. The summed E-state index contributed by atoms with van der Waals surface area (Å²) in [4.78, 5) is 12.7. The van der Waals surface area contributed by atoms with Crippen LogP contribution in [0.3, 0.4) is 0 Å². The Morgan fingerprint density at radius 3 is 2.70 bits per heavy atom. The Labute approximate surface area is 202 Å². The first kappa shape index (κ1) is 23.2. The molecule has 1 heterocycles. The van der Waals surface area contributed by atoms with Gasteiger partial charge in [0.25, 0.3) is 0 Å². The van der Waals surface area contributed by atoms with Crippen LogP contribution in [0.5, 0.6) is 17.2 Å². The zero-order chi connectivity index (χ0) is 23.2. The Balaban J connectivity index is 1.41. The fraction of sp³-hybridized carbons (Fsp3) is 0.292. The summed E-state index contributed by atoms with van der Waals surface area (Å²) >= 11 is 7.51. The van der Waals surface area contributed by atoms with Crippen LogP contribution in [0.25, 0.3) is 0 Å². The molecule has 1 fully saturated rings. The summed E-state index contributed by atoms with van der Waals surface area (Å²) in [5, 5.41) is 12.7. The maximum atomic E-state index is 12.7. The Hall–Kier alpha value is -2.97. The van der Waals surface area contributed by atoms with E-state index in [1.807, 2.05) is 41.8 Å². The molecule has 7 nitrogen and oxygen atoms in total. The number of amides is 1. The van der Waals surface area contributed by atoms with E-state index in [-0.39, 0.29) is 11.7 Å². The molecule has 0 bridgehead atoms. The third kappa shape index (κ3) is 6.09. The Morgan fingerprint density at radius 2 is 2.00 bits per heavy atom. The lowest BCUT2D eigenvalue weighted by atomic mass is 10.2. The number of allylic oxidation sites excluding steroid dienone is 1. The van der Waals surface area contributed by atoms with Gasteiger partial charge >= 0.3 is 0 Å². The molecule has 3 aromatic rings. The van der Waals surface area contributed by atoms with E-state index in [1.165, 1.54) is 11.8 Å². The smallest absolute Gasteiger partial charge is 0.234 e. The summed E-state index contributed by atoms with van der Waals surface area (Å²) in [7, 11) is 0. The summed E-state index contributed by atoms with van der Waals surface area (Å²) in [6.07, 6.45) is 4.08. The van der Waals surface area contributed by atoms with Crippen molar-refractivity contribution >= 4 is 35.0 Å². The summed E-state index contributed by atoms with van der Waals surface area (Å²) in [6.45, 7) is 6.96. The molecule has 9 heteroatoms. The van der Waals surface area contributed by atoms with Crippen molar-refractivity contribution < 1.29 is 14.3 Å². The van der Waals surface area contributed by atoms with Gasteiger partial charge in [-0.1, -0.05) is 29.4 Å². The number of carbonyl (C=O) groups is 1. The van der Waals surface area contributed by atoms with E-state index >= 15 is 0 Å². The highest BCUT2D eigenvalue weighted by Gasteiger charge is 2.30. The number of aromatic nitrogens is 3. The molecule has 0 unspecified atom stereocenters. The molecule has 1 aliphatic rings. The molecule has 0 aliphatic heterocycles. The highest BCUT2D eigenvalue weighted by molar-refractivity contribution is 7.99. The zero-order valence-electron chi connectivity index (χ0n) is 18.3. The van der Waals surface area contributed by atoms with E-state index in [1.54, 1.807) is 18.2 Å². The fourth-order valence-corrected chi connectivity index (χ4v) is 4.18. The maximum Gasteiger partial charge on any atom is 0.234 e. The lowest BCUT2D eigenvalue weighted by Crippen LogP contribution is -2.15. The first-order valence-electron chi connectivity index (χ1n) is 10.7. The van der Waals surface area contributed by atoms with Crippen molar-refractivity contribution in [3.63, 3.8) is 0 Å². The fourth-order valence-electron chi connectivity index (χ4n) is 3.25. The molecule has 0 radical (unpaired) electrons. The second-order valence-electron chi connectivity index (χ2n) is 7.50. The minimum atomic E-state index is -0.195. The van der Waals surface area contributed by atoms with Gasteiger partial charge in [0.1, 0.15) is 17.3 Å². The second-order valence-corrected chi connectivity index (χ2v) is 8.88. The van der Waals surface area contributed by atoms with Crippen molar-refractivity contribution in [3.8, 4) is 17.2 Å². The SMILES string of the molecule is C=CCn1c(SCC(=O)Nc2cc(Cl)ccc2Oc2ccc(OCC)cc2)nnc1C1CC1. The number of halogens is 1. The number of carbonyl (C=O) groups excluding carboxylic acids is 1. The van der Waals surface area contributed by atoms with E-state index in [2.05, 4.69) is 22.1 Å². The van der Waals surface area contributed by atoms with Crippen LogP contribution in [0.15, 0.2) is 60.3 Å². The van der Waals surface area contributed by atoms with Crippen LogP contribution < -0.4 is 14.8 Å². The van der Waals surface area contributed by atoms with Gasteiger partial charge in [-0.25, -0.2) is 0 Å². The van der Waals surface area contributed by atoms with Gasteiger partial charge in [0, 0.05) is 17.5 Å². The zero-order valence-corrected chi connectivity index (χ0v) is 19.9. The molecule has 1 aliphatic carbocycles. The summed E-state index contributed by atoms with van der Waals surface area (Å²) < 4.78 is 13.5. The lowest BCUT2D eigenvalue weighted by Gasteiger charge is -2.13. The number of rotatable bonds is 11. The Kier molecular flexibility index (Phi) is 7.57. The molecule has 0 atom stereocenters. The van der Waals surface area contributed by atoms with E-state index in [0.717, 1.165) is 24.4 Å². The van der Waals surface area contributed by atoms with Crippen LogP contribution in [0.2, 0.25) is 5.02 Å². The normalized spacial score (nSPS) is 12.9. The summed E-state index contributed by atoms with van der Waals surface area (Å²) in [5.41, 5.74) is 0.494. The first-order valence-corrected chi connectivity index (χ1v) is 12.1. The van der Waals surface area contributed by atoms with Gasteiger partial charge in [-0.15, -0.1) is 16.8 Å². The van der Waals surface area contributed by atoms with Gasteiger partial charge in [0.05, 0.1) is 18.0 Å². The van der Waals surface area contributed by atoms with Gasteiger partial charge < -0.3 is 19.4 Å². The number of hydrogen-bond acceptors (Lipinski definition) is 6.